The van der Waals surface area contributed by atoms with Crippen LogP contribution < -0.4 is 5.73 Å². The zero-order valence-electron chi connectivity index (χ0n) is 12.2. The molecule has 0 spiro atoms. The maximum Gasteiger partial charge on any atom is 0.258 e. The highest BCUT2D eigenvalue weighted by atomic mass is 32.1. The van der Waals surface area contributed by atoms with E-state index in [0.29, 0.717) is 24.2 Å². The van der Waals surface area contributed by atoms with Gasteiger partial charge in [0.1, 0.15) is 0 Å². The van der Waals surface area contributed by atoms with Gasteiger partial charge in [-0.3, -0.25) is 4.90 Å². The van der Waals surface area contributed by atoms with E-state index in [9.17, 15) is 0 Å². The Morgan fingerprint density at radius 3 is 2.90 bits per heavy atom. The molecule has 0 bridgehead atoms. The van der Waals surface area contributed by atoms with E-state index in [4.69, 9.17) is 10.3 Å². The summed E-state index contributed by atoms with van der Waals surface area (Å²) < 4.78 is 5.27. The number of nitrogens with two attached hydrogens (primary N) is 1. The third-order valence-electron chi connectivity index (χ3n) is 3.35. The van der Waals surface area contributed by atoms with Crippen molar-refractivity contribution in [2.75, 3.05) is 13.6 Å². The molecule has 0 fully saturated rings. The molecule has 2 aromatic rings. The lowest BCUT2D eigenvalue weighted by molar-refractivity contribution is 0.284. The van der Waals surface area contributed by atoms with Crippen molar-refractivity contribution in [3.05, 3.63) is 22.7 Å². The van der Waals surface area contributed by atoms with Gasteiger partial charge in [-0.25, -0.2) is 0 Å². The van der Waals surface area contributed by atoms with Crippen LogP contribution in [0.15, 0.2) is 21.3 Å². The first-order valence-electron chi connectivity index (χ1n) is 6.85. The van der Waals surface area contributed by atoms with Crippen LogP contribution >= 0.6 is 11.3 Å². The van der Waals surface area contributed by atoms with Crippen LogP contribution in [0, 0.1) is 5.92 Å². The van der Waals surface area contributed by atoms with Gasteiger partial charge in [0.25, 0.3) is 5.89 Å². The van der Waals surface area contributed by atoms with E-state index in [2.05, 4.69) is 28.9 Å². The quantitative estimate of drug-likeness (QED) is 0.850. The largest absolute Gasteiger partial charge is 0.334 e. The summed E-state index contributed by atoms with van der Waals surface area (Å²) in [5, 5.41) is 8.02. The minimum absolute atomic E-state index is 0.240. The van der Waals surface area contributed by atoms with Crippen molar-refractivity contribution in [1.29, 1.82) is 0 Å². The van der Waals surface area contributed by atoms with E-state index in [1.54, 1.807) is 11.3 Å². The van der Waals surface area contributed by atoms with Crippen molar-refractivity contribution in [3.8, 4) is 11.5 Å². The summed E-state index contributed by atoms with van der Waals surface area (Å²) >= 11 is 1.62. The van der Waals surface area contributed by atoms with Gasteiger partial charge in [0.2, 0.25) is 0 Å². The molecule has 0 aliphatic rings. The predicted molar refractivity (Wildman–Crippen MR) is 81.4 cm³/mol. The maximum atomic E-state index is 6.05. The Morgan fingerprint density at radius 1 is 1.45 bits per heavy atom. The van der Waals surface area contributed by atoms with Gasteiger partial charge >= 0.3 is 0 Å². The monoisotopic (exact) mass is 294 g/mol. The van der Waals surface area contributed by atoms with Crippen LogP contribution in [0.1, 0.15) is 26.1 Å². The minimum atomic E-state index is 0.240. The van der Waals surface area contributed by atoms with Gasteiger partial charge in [0, 0.05) is 11.4 Å². The van der Waals surface area contributed by atoms with Crippen molar-refractivity contribution in [3.63, 3.8) is 0 Å². The van der Waals surface area contributed by atoms with Gasteiger partial charge in [0.15, 0.2) is 5.82 Å². The molecule has 1 atom stereocenters. The molecule has 1 unspecified atom stereocenters. The molecule has 0 radical (unpaired) electrons. The van der Waals surface area contributed by atoms with Gasteiger partial charge < -0.3 is 10.3 Å². The SMILES string of the molecule is CC(C)C(N)CCN(C)Cc1noc(-c2ccsc2)n1. The molecule has 2 N–H and O–H groups in total. The molecule has 2 heterocycles. The van der Waals surface area contributed by atoms with Gasteiger partial charge in [-0.05, 0) is 37.4 Å². The van der Waals surface area contributed by atoms with Gasteiger partial charge in [-0.2, -0.15) is 16.3 Å². The molecular formula is C14H22N4OS. The van der Waals surface area contributed by atoms with Crippen LogP contribution in [0.4, 0.5) is 0 Å². The molecule has 0 saturated carbocycles. The second kappa shape index (κ2) is 6.97. The third-order valence-corrected chi connectivity index (χ3v) is 4.03. The van der Waals surface area contributed by atoms with Crippen LogP contribution in [-0.4, -0.2) is 34.7 Å². The van der Waals surface area contributed by atoms with Crippen molar-refractivity contribution in [2.45, 2.75) is 32.9 Å². The second-order valence-electron chi connectivity index (χ2n) is 5.46. The van der Waals surface area contributed by atoms with E-state index in [1.165, 1.54) is 0 Å². The van der Waals surface area contributed by atoms with Gasteiger partial charge in [-0.15, -0.1) is 0 Å². The highest BCUT2D eigenvalue weighted by Gasteiger charge is 2.13. The van der Waals surface area contributed by atoms with Crippen LogP contribution in [-0.2, 0) is 6.54 Å². The van der Waals surface area contributed by atoms with Gasteiger partial charge in [0.05, 0.1) is 12.1 Å². The predicted octanol–water partition coefficient (Wildman–Crippen LogP) is 2.60. The fourth-order valence-corrected chi connectivity index (χ4v) is 2.47. The van der Waals surface area contributed by atoms with Crippen molar-refractivity contribution >= 4 is 11.3 Å². The lowest BCUT2D eigenvalue weighted by Crippen LogP contribution is -2.31. The smallest absolute Gasteiger partial charge is 0.258 e. The second-order valence-corrected chi connectivity index (χ2v) is 6.24. The molecule has 2 aromatic heterocycles. The molecule has 0 aliphatic carbocycles. The van der Waals surface area contributed by atoms with Gasteiger partial charge in [-0.1, -0.05) is 19.0 Å². The Kier molecular flexibility index (Phi) is 5.28. The van der Waals surface area contributed by atoms with Crippen molar-refractivity contribution in [2.24, 2.45) is 11.7 Å². The summed E-state index contributed by atoms with van der Waals surface area (Å²) in [5.74, 6) is 1.82. The van der Waals surface area contributed by atoms with E-state index >= 15 is 0 Å². The highest BCUT2D eigenvalue weighted by Crippen LogP contribution is 2.20. The first-order valence-corrected chi connectivity index (χ1v) is 7.80. The summed E-state index contributed by atoms with van der Waals surface area (Å²) in [7, 11) is 2.05. The molecular weight excluding hydrogens is 272 g/mol. The Morgan fingerprint density at radius 2 is 2.25 bits per heavy atom. The normalized spacial score (nSPS) is 13.3. The molecule has 0 amide bonds. The molecule has 5 nitrogen and oxygen atoms in total. The summed E-state index contributed by atoms with van der Waals surface area (Å²) in [5.41, 5.74) is 7.04. The molecule has 0 aliphatic heterocycles. The number of rotatable bonds is 7. The highest BCUT2D eigenvalue weighted by molar-refractivity contribution is 7.08. The van der Waals surface area contributed by atoms with E-state index in [0.717, 1.165) is 18.5 Å². The number of thiophene rings is 1. The number of hydrogen-bond donors (Lipinski definition) is 1. The van der Waals surface area contributed by atoms with E-state index in [-0.39, 0.29) is 6.04 Å². The zero-order valence-corrected chi connectivity index (χ0v) is 13.1. The van der Waals surface area contributed by atoms with Crippen LogP contribution in [0.25, 0.3) is 11.5 Å². The Hall–Kier alpha value is -1.24. The summed E-state index contributed by atoms with van der Waals surface area (Å²) in [6.45, 7) is 5.91. The zero-order chi connectivity index (χ0) is 14.5. The van der Waals surface area contributed by atoms with Crippen LogP contribution in [0.5, 0.6) is 0 Å². The average molecular weight is 294 g/mol. The maximum absolute atomic E-state index is 6.05. The summed E-state index contributed by atoms with van der Waals surface area (Å²) in [6, 6.07) is 2.22. The lowest BCUT2D eigenvalue weighted by atomic mass is 10.0. The minimum Gasteiger partial charge on any atom is -0.334 e. The van der Waals surface area contributed by atoms with Crippen molar-refractivity contribution < 1.29 is 4.52 Å². The first-order chi connectivity index (χ1) is 9.56. The Balaban J connectivity index is 1.84. The van der Waals surface area contributed by atoms with Crippen molar-refractivity contribution in [1.82, 2.24) is 15.0 Å². The summed E-state index contributed by atoms with van der Waals surface area (Å²) in [4.78, 5) is 6.58. The topological polar surface area (TPSA) is 68.2 Å². The number of hydrogen-bond acceptors (Lipinski definition) is 6. The molecule has 20 heavy (non-hydrogen) atoms. The molecule has 0 aromatic carbocycles. The third kappa shape index (κ3) is 4.13. The fourth-order valence-electron chi connectivity index (χ4n) is 1.84. The Bertz CT molecular complexity index is 509. The standard InChI is InChI=1S/C14H22N4OS/c1-10(2)12(15)4-6-18(3)8-13-16-14(19-17-13)11-5-7-20-9-11/h5,7,9-10,12H,4,6,8,15H2,1-3H3. The number of nitrogens with zero attached hydrogens (tertiary/aromatic N) is 3. The molecule has 2 rings (SSSR count). The lowest BCUT2D eigenvalue weighted by Gasteiger charge is -2.20. The van der Waals surface area contributed by atoms with E-state index in [1.807, 2.05) is 23.9 Å². The first kappa shape index (κ1) is 15.2. The van der Waals surface area contributed by atoms with Crippen LogP contribution in [0.2, 0.25) is 0 Å². The Labute approximate surface area is 123 Å². The van der Waals surface area contributed by atoms with E-state index < -0.39 is 0 Å². The molecule has 110 valence electrons. The molecule has 6 heteroatoms. The molecule has 0 saturated heterocycles. The van der Waals surface area contributed by atoms with Crippen LogP contribution in [0.3, 0.4) is 0 Å². The summed E-state index contributed by atoms with van der Waals surface area (Å²) in [6.07, 6.45) is 0.976. The average Bonchev–Trinajstić information content (AvgIpc) is 3.05. The fraction of sp³-hybridized carbons (Fsp3) is 0.571. The number of aromatic nitrogens is 2.